The number of carbonyl (C=O) groups is 6. The number of ketones is 6. The molecule has 7 heteroatoms. The standard InChI is InChI=1S/2C11H7O3.Y/c2*1-6(12)9-10(13)7-4-2-3-5-8(7)11(9)14;/h2*2,4-5,9H,1H3;/q2*-1;. The molecular weight excluding hydrogens is 449 g/mol. The molecule has 2 aromatic rings. The summed E-state index contributed by atoms with van der Waals surface area (Å²) in [6.07, 6.45) is 0. The molecule has 6 nitrogen and oxygen atoms in total. The maximum Gasteiger partial charge on any atom is 0.156 e. The largest absolute Gasteiger partial charge is 0.307 e. The van der Waals surface area contributed by atoms with Crippen molar-refractivity contribution < 1.29 is 61.5 Å². The molecule has 0 aromatic heterocycles. The Hall–Kier alpha value is -2.44. The van der Waals surface area contributed by atoms with E-state index < -0.39 is 35.0 Å². The minimum absolute atomic E-state index is 0. The van der Waals surface area contributed by atoms with Crippen LogP contribution in [-0.2, 0) is 42.3 Å². The molecule has 0 saturated heterocycles. The van der Waals surface area contributed by atoms with Gasteiger partial charge in [0.1, 0.15) is 35.0 Å². The molecule has 0 bridgehead atoms. The van der Waals surface area contributed by atoms with Crippen LogP contribution in [0.5, 0.6) is 0 Å². The summed E-state index contributed by atoms with van der Waals surface area (Å²) in [6, 6.07) is 14.5. The smallest absolute Gasteiger partial charge is 0.156 e. The summed E-state index contributed by atoms with van der Waals surface area (Å²) in [6.45, 7) is 2.52. The van der Waals surface area contributed by atoms with Gasteiger partial charge in [-0.3, -0.25) is 19.2 Å². The molecule has 0 aliphatic heterocycles. The molecule has 143 valence electrons. The molecule has 0 N–H and O–H groups in total. The van der Waals surface area contributed by atoms with Gasteiger partial charge >= 0.3 is 0 Å². The van der Waals surface area contributed by atoms with E-state index in [1.807, 2.05) is 0 Å². The van der Waals surface area contributed by atoms with Gasteiger partial charge in [0.25, 0.3) is 0 Å². The Bertz CT molecular complexity index is 913. The average molecular weight is 463 g/mol. The fraction of sp³-hybridized carbons (Fsp3) is 0.182. The van der Waals surface area contributed by atoms with Crippen LogP contribution >= 0.6 is 0 Å². The number of fused-ring (bicyclic) bond motifs is 2. The van der Waals surface area contributed by atoms with Crippen LogP contribution in [0, 0.1) is 24.0 Å². The van der Waals surface area contributed by atoms with Gasteiger partial charge in [0, 0.05) is 32.7 Å². The third kappa shape index (κ3) is 4.00. The first kappa shape index (κ1) is 22.8. The van der Waals surface area contributed by atoms with Gasteiger partial charge in [0.15, 0.2) is 11.6 Å². The van der Waals surface area contributed by atoms with E-state index in [0.717, 1.165) is 0 Å². The molecule has 2 aliphatic carbocycles. The first-order valence-corrected chi connectivity index (χ1v) is 8.43. The van der Waals surface area contributed by atoms with Crippen LogP contribution in [0.3, 0.4) is 0 Å². The number of benzene rings is 2. The Morgan fingerprint density at radius 2 is 0.966 bits per heavy atom. The zero-order chi connectivity index (χ0) is 20.6. The van der Waals surface area contributed by atoms with Crippen LogP contribution in [0.4, 0.5) is 0 Å². The molecule has 0 spiro atoms. The van der Waals surface area contributed by atoms with Gasteiger partial charge in [-0.15, -0.1) is 0 Å². The Morgan fingerprint density at radius 3 is 1.24 bits per heavy atom. The number of hydrogen-bond acceptors (Lipinski definition) is 6. The van der Waals surface area contributed by atoms with Crippen molar-refractivity contribution in [1.82, 2.24) is 0 Å². The second kappa shape index (κ2) is 8.93. The van der Waals surface area contributed by atoms with Gasteiger partial charge in [-0.1, -0.05) is 22.3 Å². The fourth-order valence-corrected chi connectivity index (χ4v) is 3.30. The third-order valence-corrected chi connectivity index (χ3v) is 4.65. The molecule has 1 radical (unpaired) electrons. The topological polar surface area (TPSA) is 102 Å². The maximum atomic E-state index is 11.6. The van der Waals surface area contributed by atoms with E-state index in [4.69, 9.17) is 0 Å². The van der Waals surface area contributed by atoms with Crippen molar-refractivity contribution in [2.24, 2.45) is 11.8 Å². The quantitative estimate of drug-likeness (QED) is 0.500. The van der Waals surface area contributed by atoms with E-state index in [9.17, 15) is 28.8 Å². The van der Waals surface area contributed by atoms with Crippen LogP contribution < -0.4 is 0 Å². The Kier molecular flexibility index (Phi) is 7.03. The fourth-order valence-electron chi connectivity index (χ4n) is 3.30. The maximum absolute atomic E-state index is 11.6. The monoisotopic (exact) mass is 463 g/mol. The van der Waals surface area contributed by atoms with Crippen LogP contribution in [0.1, 0.15) is 55.3 Å². The molecule has 2 aromatic carbocycles. The van der Waals surface area contributed by atoms with E-state index in [-0.39, 0.29) is 44.3 Å². The van der Waals surface area contributed by atoms with Crippen LogP contribution in [-0.4, -0.2) is 34.7 Å². The molecule has 4 rings (SSSR count). The van der Waals surface area contributed by atoms with E-state index in [0.29, 0.717) is 22.3 Å². The van der Waals surface area contributed by atoms with E-state index in [1.54, 1.807) is 12.1 Å². The van der Waals surface area contributed by atoms with Gasteiger partial charge in [-0.05, 0) is 13.8 Å². The summed E-state index contributed by atoms with van der Waals surface area (Å²) in [5, 5.41) is 0. The molecule has 29 heavy (non-hydrogen) atoms. The first-order chi connectivity index (χ1) is 13.3. The summed E-state index contributed by atoms with van der Waals surface area (Å²) in [7, 11) is 0. The first-order valence-electron chi connectivity index (χ1n) is 8.43. The van der Waals surface area contributed by atoms with Gasteiger partial charge in [0.2, 0.25) is 0 Å². The van der Waals surface area contributed by atoms with Crippen LogP contribution in [0.25, 0.3) is 0 Å². The third-order valence-electron chi connectivity index (χ3n) is 4.65. The molecule has 0 heterocycles. The van der Waals surface area contributed by atoms with Gasteiger partial charge in [-0.2, -0.15) is 48.5 Å². The van der Waals surface area contributed by atoms with Crippen molar-refractivity contribution in [2.45, 2.75) is 13.8 Å². The molecular formula is C22H14O6Y-2. The van der Waals surface area contributed by atoms with Crippen molar-refractivity contribution in [3.63, 3.8) is 0 Å². The number of Topliss-reactive ketones (excluding diaryl/α,β-unsaturated/α-hetero) is 6. The van der Waals surface area contributed by atoms with E-state index in [1.165, 1.54) is 38.1 Å². The zero-order valence-corrected chi connectivity index (χ0v) is 18.5. The summed E-state index contributed by atoms with van der Waals surface area (Å²) in [5.74, 6) is -4.56. The van der Waals surface area contributed by atoms with Gasteiger partial charge in [0.05, 0.1) is 0 Å². The van der Waals surface area contributed by atoms with Crippen molar-refractivity contribution in [3.8, 4) is 0 Å². The normalized spacial score (nSPS) is 19.0. The zero-order valence-electron chi connectivity index (χ0n) is 15.6. The van der Waals surface area contributed by atoms with Crippen molar-refractivity contribution in [1.29, 1.82) is 0 Å². The minimum Gasteiger partial charge on any atom is -0.307 e. The Labute approximate surface area is 191 Å². The second-order valence-electron chi connectivity index (χ2n) is 6.49. The molecule has 0 amide bonds. The van der Waals surface area contributed by atoms with Crippen molar-refractivity contribution in [2.75, 3.05) is 0 Å². The van der Waals surface area contributed by atoms with Crippen LogP contribution in [0.15, 0.2) is 36.4 Å². The SMILES string of the molecule is CC(=O)C1C(=O)c2c[c-]ccc2C1=O.CC(=O)C1C(=O)c2c[c-]ccc2C1=O.[Y]. The van der Waals surface area contributed by atoms with Crippen LogP contribution in [0.2, 0.25) is 0 Å². The Balaban J connectivity index is 0.000000200. The second-order valence-corrected chi connectivity index (χ2v) is 6.49. The number of rotatable bonds is 2. The summed E-state index contributed by atoms with van der Waals surface area (Å²) in [4.78, 5) is 68.5. The molecule has 2 atom stereocenters. The van der Waals surface area contributed by atoms with E-state index >= 15 is 0 Å². The van der Waals surface area contributed by atoms with Gasteiger partial charge in [-0.25, -0.2) is 0 Å². The summed E-state index contributed by atoms with van der Waals surface area (Å²) < 4.78 is 0. The van der Waals surface area contributed by atoms with Gasteiger partial charge < -0.3 is 9.59 Å². The van der Waals surface area contributed by atoms with Crippen molar-refractivity contribution >= 4 is 34.7 Å². The number of hydrogen-bond donors (Lipinski definition) is 0. The summed E-state index contributed by atoms with van der Waals surface area (Å²) >= 11 is 0. The predicted molar refractivity (Wildman–Crippen MR) is 96.2 cm³/mol. The molecule has 0 fully saturated rings. The minimum atomic E-state index is -1.11. The Morgan fingerprint density at radius 1 is 0.655 bits per heavy atom. The molecule has 2 unspecified atom stereocenters. The number of carbonyl (C=O) groups excluding carboxylic acids is 6. The average Bonchev–Trinajstić information content (AvgIpc) is 3.07. The van der Waals surface area contributed by atoms with E-state index in [2.05, 4.69) is 12.1 Å². The molecule has 0 saturated carbocycles. The summed E-state index contributed by atoms with van der Waals surface area (Å²) in [5.41, 5.74) is 1.32. The molecule has 2 aliphatic rings. The van der Waals surface area contributed by atoms with Crippen molar-refractivity contribution in [3.05, 3.63) is 70.8 Å². The predicted octanol–water partition coefficient (Wildman–Crippen LogP) is 2.14.